The summed E-state index contributed by atoms with van der Waals surface area (Å²) >= 11 is 7.04. The molecule has 0 fully saturated rings. The molecule has 3 rings (SSSR count). The van der Waals surface area contributed by atoms with Gasteiger partial charge < -0.3 is 5.32 Å². The van der Waals surface area contributed by atoms with E-state index in [1.54, 1.807) is 16.3 Å². The van der Waals surface area contributed by atoms with E-state index >= 15 is 0 Å². The Hall–Kier alpha value is -2.16. The molecular weight excluding hydrogens is 394 g/mol. The van der Waals surface area contributed by atoms with Gasteiger partial charge in [0.15, 0.2) is 0 Å². The van der Waals surface area contributed by atoms with E-state index < -0.39 is 9.84 Å². The third-order valence-corrected chi connectivity index (χ3v) is 6.67. The van der Waals surface area contributed by atoms with Crippen molar-refractivity contribution in [1.29, 1.82) is 0 Å². The summed E-state index contributed by atoms with van der Waals surface area (Å²) in [5, 5.41) is 10.3. The molecule has 0 spiro atoms. The van der Waals surface area contributed by atoms with Gasteiger partial charge in [-0.3, -0.25) is 9.48 Å². The number of hydrogen-bond donors (Lipinski definition) is 1. The Labute approximate surface area is 160 Å². The van der Waals surface area contributed by atoms with Gasteiger partial charge in [-0.25, -0.2) is 8.42 Å². The predicted octanol–water partition coefficient (Wildman–Crippen LogP) is 3.54. The van der Waals surface area contributed by atoms with Crippen molar-refractivity contribution >= 4 is 44.4 Å². The van der Waals surface area contributed by atoms with Crippen LogP contribution in [0.5, 0.6) is 0 Å². The fourth-order valence-electron chi connectivity index (χ4n) is 2.40. The van der Waals surface area contributed by atoms with Gasteiger partial charge >= 0.3 is 0 Å². The zero-order chi connectivity index (χ0) is 18.7. The number of carbonyl (C=O) groups excluding carboxylic acids is 1. The van der Waals surface area contributed by atoms with Crippen LogP contribution in [0.1, 0.15) is 12.0 Å². The number of thiophene rings is 1. The van der Waals surface area contributed by atoms with Gasteiger partial charge in [0, 0.05) is 35.4 Å². The maximum atomic E-state index is 12.8. The van der Waals surface area contributed by atoms with Crippen LogP contribution in [0.25, 0.3) is 0 Å². The molecule has 1 aromatic carbocycles. The van der Waals surface area contributed by atoms with Gasteiger partial charge in [0.05, 0.1) is 16.8 Å². The lowest BCUT2D eigenvalue weighted by Gasteiger charge is -2.08. The van der Waals surface area contributed by atoms with Gasteiger partial charge in [-0.15, -0.1) is 11.3 Å². The van der Waals surface area contributed by atoms with Crippen LogP contribution in [0, 0.1) is 0 Å². The van der Waals surface area contributed by atoms with E-state index in [4.69, 9.17) is 11.6 Å². The Morgan fingerprint density at radius 2 is 2.00 bits per heavy atom. The van der Waals surface area contributed by atoms with E-state index in [1.807, 2.05) is 13.2 Å². The second-order valence-electron chi connectivity index (χ2n) is 5.68. The number of aryl methyl sites for hydroxylation is 2. The summed E-state index contributed by atoms with van der Waals surface area (Å²) in [6.07, 6.45) is 4.31. The number of halogens is 1. The highest BCUT2D eigenvalue weighted by Crippen LogP contribution is 2.31. The van der Waals surface area contributed by atoms with Crippen molar-refractivity contribution in [2.24, 2.45) is 7.05 Å². The van der Waals surface area contributed by atoms with Crippen LogP contribution in [0.15, 0.2) is 57.2 Å². The molecule has 6 nitrogen and oxygen atoms in total. The molecule has 0 atom stereocenters. The van der Waals surface area contributed by atoms with Crippen molar-refractivity contribution in [3.63, 3.8) is 0 Å². The molecule has 136 valence electrons. The Morgan fingerprint density at radius 3 is 2.65 bits per heavy atom. The number of benzene rings is 1. The van der Waals surface area contributed by atoms with Crippen LogP contribution in [0.4, 0.5) is 5.69 Å². The van der Waals surface area contributed by atoms with Crippen molar-refractivity contribution in [2.45, 2.75) is 22.6 Å². The van der Waals surface area contributed by atoms with Crippen LogP contribution in [-0.4, -0.2) is 24.1 Å². The van der Waals surface area contributed by atoms with Gasteiger partial charge in [-0.05, 0) is 36.2 Å². The lowest BCUT2D eigenvalue weighted by atomic mass is 10.2. The highest BCUT2D eigenvalue weighted by atomic mass is 35.5. The van der Waals surface area contributed by atoms with Gasteiger partial charge in [-0.1, -0.05) is 11.6 Å². The van der Waals surface area contributed by atoms with Crippen molar-refractivity contribution in [3.8, 4) is 0 Å². The van der Waals surface area contributed by atoms with Gasteiger partial charge in [-0.2, -0.15) is 5.10 Å². The molecule has 3 aromatic rings. The summed E-state index contributed by atoms with van der Waals surface area (Å²) < 4.78 is 27.3. The van der Waals surface area contributed by atoms with Crippen LogP contribution in [-0.2, 0) is 28.1 Å². The smallest absolute Gasteiger partial charge is 0.224 e. The Kier molecular flexibility index (Phi) is 5.45. The van der Waals surface area contributed by atoms with Crippen molar-refractivity contribution in [1.82, 2.24) is 9.78 Å². The molecule has 0 saturated carbocycles. The van der Waals surface area contributed by atoms with Crippen LogP contribution in [0.3, 0.4) is 0 Å². The monoisotopic (exact) mass is 409 g/mol. The first-order chi connectivity index (χ1) is 12.4. The quantitative estimate of drug-likeness (QED) is 0.675. The molecule has 0 bridgehead atoms. The number of sulfone groups is 1. The Balaban J connectivity index is 1.73. The van der Waals surface area contributed by atoms with Crippen LogP contribution >= 0.6 is 22.9 Å². The van der Waals surface area contributed by atoms with E-state index in [-0.39, 0.29) is 22.1 Å². The van der Waals surface area contributed by atoms with Gasteiger partial charge in [0.25, 0.3) is 0 Å². The standard InChI is InChI=1S/C17H16ClN3O3S2/c1-21-9-12(8-19-21)2-7-17(22)20-15-10-25-11-16(15)26(23,24)14-5-3-13(18)4-6-14/h3-6,8-11H,2,7H2,1H3,(H,20,22). The second kappa shape index (κ2) is 7.61. The highest BCUT2D eigenvalue weighted by Gasteiger charge is 2.23. The van der Waals surface area contributed by atoms with Crippen LogP contribution in [0.2, 0.25) is 5.02 Å². The summed E-state index contributed by atoms with van der Waals surface area (Å²) in [6.45, 7) is 0. The summed E-state index contributed by atoms with van der Waals surface area (Å²) in [5.41, 5.74) is 1.24. The average molecular weight is 410 g/mol. The molecule has 0 unspecified atom stereocenters. The fourth-order valence-corrected chi connectivity index (χ4v) is 5.06. The predicted molar refractivity (Wildman–Crippen MR) is 101 cm³/mol. The maximum absolute atomic E-state index is 12.8. The zero-order valence-corrected chi connectivity index (χ0v) is 16.2. The number of rotatable bonds is 6. The molecule has 26 heavy (non-hydrogen) atoms. The first-order valence-corrected chi connectivity index (χ1v) is 10.5. The van der Waals surface area contributed by atoms with Crippen molar-refractivity contribution in [2.75, 3.05) is 5.32 Å². The third kappa shape index (κ3) is 4.14. The molecule has 0 aliphatic rings. The third-order valence-electron chi connectivity index (χ3n) is 3.71. The molecular formula is C17H16ClN3O3S2. The van der Waals surface area contributed by atoms with E-state index in [2.05, 4.69) is 10.4 Å². The number of aromatic nitrogens is 2. The van der Waals surface area contributed by atoms with E-state index in [1.165, 1.54) is 41.0 Å². The number of hydrogen-bond acceptors (Lipinski definition) is 5. The Bertz CT molecular complexity index is 1020. The lowest BCUT2D eigenvalue weighted by molar-refractivity contribution is -0.116. The number of nitrogens with zero attached hydrogens (tertiary/aromatic N) is 2. The van der Waals surface area contributed by atoms with E-state index in [0.29, 0.717) is 17.1 Å². The van der Waals surface area contributed by atoms with Crippen molar-refractivity contribution in [3.05, 3.63) is 58.0 Å². The fraction of sp³-hybridized carbons (Fsp3) is 0.176. The summed E-state index contributed by atoms with van der Waals surface area (Å²) in [6, 6.07) is 5.94. The number of amides is 1. The molecule has 1 amide bonds. The summed E-state index contributed by atoms with van der Waals surface area (Å²) in [5.74, 6) is -0.250. The SMILES string of the molecule is Cn1cc(CCC(=O)Nc2cscc2S(=O)(=O)c2ccc(Cl)cc2)cn1. The van der Waals surface area contributed by atoms with Gasteiger partial charge in [0.1, 0.15) is 4.90 Å². The average Bonchev–Trinajstić information content (AvgIpc) is 3.22. The lowest BCUT2D eigenvalue weighted by Crippen LogP contribution is -2.14. The van der Waals surface area contributed by atoms with Crippen molar-refractivity contribution < 1.29 is 13.2 Å². The minimum Gasteiger partial charge on any atom is -0.324 e. The highest BCUT2D eigenvalue weighted by molar-refractivity contribution is 7.91. The number of anilines is 1. The molecule has 2 heterocycles. The summed E-state index contributed by atoms with van der Waals surface area (Å²) in [7, 11) is -1.92. The molecule has 9 heteroatoms. The molecule has 2 aromatic heterocycles. The maximum Gasteiger partial charge on any atom is 0.224 e. The van der Waals surface area contributed by atoms with Gasteiger partial charge in [0.2, 0.25) is 15.7 Å². The zero-order valence-electron chi connectivity index (χ0n) is 13.8. The molecule has 0 aliphatic heterocycles. The normalized spacial score (nSPS) is 11.5. The molecule has 1 N–H and O–H groups in total. The summed E-state index contributed by atoms with van der Waals surface area (Å²) in [4.78, 5) is 12.4. The minimum atomic E-state index is -3.73. The minimum absolute atomic E-state index is 0.0829. The Morgan fingerprint density at radius 1 is 1.27 bits per heavy atom. The number of nitrogens with one attached hydrogen (secondary N) is 1. The molecule has 0 radical (unpaired) electrons. The van der Waals surface area contributed by atoms with E-state index in [0.717, 1.165) is 5.56 Å². The first kappa shape index (κ1) is 18.6. The first-order valence-electron chi connectivity index (χ1n) is 7.70. The molecule has 0 aliphatic carbocycles. The van der Waals surface area contributed by atoms with Crippen LogP contribution < -0.4 is 5.32 Å². The topological polar surface area (TPSA) is 81.1 Å². The number of carbonyl (C=O) groups is 1. The molecule has 0 saturated heterocycles. The largest absolute Gasteiger partial charge is 0.324 e. The second-order valence-corrected chi connectivity index (χ2v) is 8.78. The van der Waals surface area contributed by atoms with E-state index in [9.17, 15) is 13.2 Å².